The van der Waals surface area contributed by atoms with Crippen LogP contribution in [0.1, 0.15) is 17.3 Å². The van der Waals surface area contributed by atoms with E-state index in [0.29, 0.717) is 23.6 Å². The third kappa shape index (κ3) is 3.74. The Labute approximate surface area is 113 Å². The number of esters is 1. The van der Waals surface area contributed by atoms with Crippen molar-refractivity contribution in [3.05, 3.63) is 21.3 Å². The number of nitrogen functional groups attached to an aromatic ring is 1. The van der Waals surface area contributed by atoms with Crippen molar-refractivity contribution in [2.24, 2.45) is 0 Å². The number of anilines is 1. The van der Waals surface area contributed by atoms with E-state index >= 15 is 0 Å². The molecule has 1 aromatic rings. The average Bonchev–Trinajstić information content (AvgIpc) is 2.31. The Kier molecular flexibility index (Phi) is 5.49. The lowest BCUT2D eigenvalue weighted by molar-refractivity contribution is 0.0493. The molecule has 1 rings (SSSR count). The number of rotatable bonds is 5. The van der Waals surface area contributed by atoms with Gasteiger partial charge in [-0.1, -0.05) is 0 Å². The van der Waals surface area contributed by atoms with E-state index in [1.54, 1.807) is 19.1 Å². The molecule has 0 spiro atoms. The number of benzene rings is 1. The fraction of sp³-hybridized carbons (Fsp3) is 0.364. The van der Waals surface area contributed by atoms with Gasteiger partial charge in [0, 0.05) is 10.7 Å². The molecule has 0 unspecified atom stereocenters. The molecule has 0 atom stereocenters. The number of halogens is 1. The first-order valence-corrected chi connectivity index (χ1v) is 6.05. The molecule has 0 amide bonds. The van der Waals surface area contributed by atoms with Crippen molar-refractivity contribution in [1.82, 2.24) is 0 Å². The van der Waals surface area contributed by atoms with E-state index in [0.717, 1.165) is 3.57 Å². The third-order valence-corrected chi connectivity index (χ3v) is 2.83. The first kappa shape index (κ1) is 14.0. The Hall–Kier alpha value is -1.02. The summed E-state index contributed by atoms with van der Waals surface area (Å²) < 4.78 is 15.7. The molecule has 0 saturated heterocycles. The van der Waals surface area contributed by atoms with Crippen molar-refractivity contribution < 1.29 is 19.0 Å². The summed E-state index contributed by atoms with van der Waals surface area (Å²) in [5.74, 6) is 0.0227. The first-order valence-electron chi connectivity index (χ1n) is 4.98. The molecule has 2 N–H and O–H groups in total. The van der Waals surface area contributed by atoms with Gasteiger partial charge in [0.05, 0.1) is 17.9 Å². The van der Waals surface area contributed by atoms with Crippen molar-refractivity contribution in [1.29, 1.82) is 0 Å². The van der Waals surface area contributed by atoms with Crippen LogP contribution in [0.5, 0.6) is 5.75 Å². The zero-order chi connectivity index (χ0) is 12.8. The molecule has 17 heavy (non-hydrogen) atoms. The highest BCUT2D eigenvalue weighted by Gasteiger charge is 2.13. The Balaban J connectivity index is 3.00. The second-order valence-corrected chi connectivity index (χ2v) is 4.30. The van der Waals surface area contributed by atoms with E-state index in [1.807, 2.05) is 22.6 Å². The molecule has 0 aliphatic rings. The van der Waals surface area contributed by atoms with Gasteiger partial charge in [-0.05, 0) is 41.6 Å². The minimum atomic E-state index is -0.396. The smallest absolute Gasteiger partial charge is 0.338 e. The summed E-state index contributed by atoms with van der Waals surface area (Å²) in [5, 5.41) is 0. The zero-order valence-corrected chi connectivity index (χ0v) is 11.8. The molecule has 94 valence electrons. The minimum Gasteiger partial charge on any atom is -0.465 e. The maximum atomic E-state index is 11.6. The van der Waals surface area contributed by atoms with Crippen molar-refractivity contribution in [3.8, 4) is 5.75 Å². The van der Waals surface area contributed by atoms with E-state index in [2.05, 4.69) is 0 Å². The van der Waals surface area contributed by atoms with E-state index in [1.165, 1.54) is 7.11 Å². The summed E-state index contributed by atoms with van der Waals surface area (Å²) in [4.78, 5) is 11.6. The Morgan fingerprint density at radius 2 is 2.18 bits per heavy atom. The summed E-state index contributed by atoms with van der Waals surface area (Å²) in [6, 6.07) is 3.21. The van der Waals surface area contributed by atoms with E-state index < -0.39 is 5.97 Å². The van der Waals surface area contributed by atoms with Gasteiger partial charge < -0.3 is 19.9 Å². The quantitative estimate of drug-likeness (QED) is 0.381. The maximum Gasteiger partial charge on any atom is 0.338 e. The monoisotopic (exact) mass is 351 g/mol. The summed E-state index contributed by atoms with van der Waals surface area (Å²) in [6.45, 7) is 2.16. The zero-order valence-electron chi connectivity index (χ0n) is 9.66. The number of methoxy groups -OCH3 is 1. The lowest BCUT2D eigenvalue weighted by Gasteiger charge is -2.11. The van der Waals surface area contributed by atoms with Crippen molar-refractivity contribution >= 4 is 34.2 Å². The second-order valence-electron chi connectivity index (χ2n) is 3.14. The van der Waals surface area contributed by atoms with Crippen LogP contribution in [0.2, 0.25) is 0 Å². The van der Waals surface area contributed by atoms with Gasteiger partial charge in [-0.25, -0.2) is 4.79 Å². The standard InChI is InChI=1S/C11H14INO4/c1-3-16-11(14)7-4-8(12)10(13)9(5-7)17-6-15-2/h4-5H,3,6,13H2,1-2H3. The summed E-state index contributed by atoms with van der Waals surface area (Å²) in [7, 11) is 1.51. The Morgan fingerprint density at radius 1 is 1.47 bits per heavy atom. The predicted octanol–water partition coefficient (Wildman–Crippen LogP) is 2.03. The minimum absolute atomic E-state index is 0.0760. The highest BCUT2D eigenvalue weighted by molar-refractivity contribution is 14.1. The lowest BCUT2D eigenvalue weighted by atomic mass is 10.2. The molecule has 6 heteroatoms. The molecule has 0 aliphatic carbocycles. The number of carbonyl (C=O) groups is 1. The van der Waals surface area contributed by atoms with Crippen molar-refractivity contribution in [2.75, 3.05) is 26.2 Å². The molecule has 0 bridgehead atoms. The molecule has 0 radical (unpaired) electrons. The van der Waals surface area contributed by atoms with Gasteiger partial charge in [0.1, 0.15) is 5.75 Å². The van der Waals surface area contributed by atoms with E-state index in [9.17, 15) is 4.79 Å². The maximum absolute atomic E-state index is 11.6. The number of hydrogen-bond donors (Lipinski definition) is 1. The van der Waals surface area contributed by atoms with E-state index in [-0.39, 0.29) is 6.79 Å². The highest BCUT2D eigenvalue weighted by Crippen LogP contribution is 2.29. The van der Waals surface area contributed by atoms with Crippen LogP contribution in [-0.2, 0) is 9.47 Å². The van der Waals surface area contributed by atoms with Crippen LogP contribution in [0.15, 0.2) is 12.1 Å². The summed E-state index contributed by atoms with van der Waals surface area (Å²) in [6.07, 6.45) is 0. The van der Waals surface area contributed by atoms with Crippen molar-refractivity contribution in [2.45, 2.75) is 6.92 Å². The number of ether oxygens (including phenoxy) is 3. The van der Waals surface area contributed by atoms with Gasteiger partial charge in [0.25, 0.3) is 0 Å². The molecule has 0 saturated carbocycles. The number of hydrogen-bond acceptors (Lipinski definition) is 5. The second kappa shape index (κ2) is 6.65. The SMILES string of the molecule is CCOC(=O)c1cc(I)c(N)c(OCOC)c1. The lowest BCUT2D eigenvalue weighted by Crippen LogP contribution is -2.08. The third-order valence-electron chi connectivity index (χ3n) is 1.93. The summed E-state index contributed by atoms with van der Waals surface area (Å²) >= 11 is 2.04. The average molecular weight is 351 g/mol. The van der Waals surface area contributed by atoms with Gasteiger partial charge >= 0.3 is 5.97 Å². The molecule has 5 nitrogen and oxygen atoms in total. The van der Waals surface area contributed by atoms with Crippen LogP contribution in [0.25, 0.3) is 0 Å². The van der Waals surface area contributed by atoms with Crippen LogP contribution < -0.4 is 10.5 Å². The highest BCUT2D eigenvalue weighted by atomic mass is 127. The Bertz CT molecular complexity index is 409. The van der Waals surface area contributed by atoms with Crippen LogP contribution in [0.4, 0.5) is 5.69 Å². The van der Waals surface area contributed by atoms with Crippen LogP contribution in [0.3, 0.4) is 0 Å². The van der Waals surface area contributed by atoms with Gasteiger partial charge in [0.2, 0.25) is 0 Å². The van der Waals surface area contributed by atoms with Gasteiger partial charge in [-0.2, -0.15) is 0 Å². The first-order chi connectivity index (χ1) is 8.10. The van der Waals surface area contributed by atoms with E-state index in [4.69, 9.17) is 19.9 Å². The topological polar surface area (TPSA) is 70.8 Å². The molecular formula is C11H14INO4. The van der Waals surface area contributed by atoms with Crippen LogP contribution >= 0.6 is 22.6 Å². The molecular weight excluding hydrogens is 337 g/mol. The molecule has 0 aliphatic heterocycles. The van der Waals surface area contributed by atoms with Crippen LogP contribution in [0, 0.1) is 3.57 Å². The normalized spacial score (nSPS) is 10.1. The van der Waals surface area contributed by atoms with Crippen LogP contribution in [-0.4, -0.2) is 26.5 Å². The molecule has 1 aromatic carbocycles. The summed E-state index contributed by atoms with van der Waals surface area (Å²) in [5.41, 5.74) is 6.72. The van der Waals surface area contributed by atoms with Gasteiger partial charge in [-0.3, -0.25) is 0 Å². The molecule has 0 fully saturated rings. The number of nitrogens with two attached hydrogens (primary N) is 1. The van der Waals surface area contributed by atoms with Gasteiger partial charge in [0.15, 0.2) is 6.79 Å². The molecule has 0 aromatic heterocycles. The fourth-order valence-corrected chi connectivity index (χ4v) is 1.77. The largest absolute Gasteiger partial charge is 0.465 e. The molecule has 0 heterocycles. The number of carbonyl (C=O) groups excluding carboxylic acids is 1. The Morgan fingerprint density at radius 3 is 2.76 bits per heavy atom. The van der Waals surface area contributed by atoms with Gasteiger partial charge in [-0.15, -0.1) is 0 Å². The predicted molar refractivity (Wildman–Crippen MR) is 72.0 cm³/mol. The fourth-order valence-electron chi connectivity index (χ4n) is 1.17. The van der Waals surface area contributed by atoms with Crippen molar-refractivity contribution in [3.63, 3.8) is 0 Å².